The molecule has 162 valence electrons. The second kappa shape index (κ2) is 8.85. The van der Waals surface area contributed by atoms with Crippen molar-refractivity contribution in [1.29, 1.82) is 5.26 Å². The number of aryl methyl sites for hydroxylation is 2. The number of amides is 1. The minimum Gasteiger partial charge on any atom is -0.344 e. The van der Waals surface area contributed by atoms with Gasteiger partial charge in [0, 0.05) is 13.6 Å². The molecule has 0 aliphatic heterocycles. The van der Waals surface area contributed by atoms with Crippen LogP contribution in [0.15, 0.2) is 52.4 Å². The number of carbonyl (C=O) groups is 1. The summed E-state index contributed by atoms with van der Waals surface area (Å²) in [6.45, 7) is 4.31. The van der Waals surface area contributed by atoms with E-state index >= 15 is 0 Å². The molecule has 32 heavy (non-hydrogen) atoms. The van der Waals surface area contributed by atoms with Crippen LogP contribution in [-0.2, 0) is 4.79 Å². The number of carbonyl (C=O) groups excluding carboxylic acids is 1. The molecule has 0 saturated carbocycles. The Morgan fingerprint density at radius 3 is 2.75 bits per heavy atom. The van der Waals surface area contributed by atoms with Crippen LogP contribution in [0.3, 0.4) is 0 Å². The van der Waals surface area contributed by atoms with Gasteiger partial charge in [-0.25, -0.2) is 4.57 Å². The third kappa shape index (κ3) is 3.85. The Morgan fingerprint density at radius 1 is 1.19 bits per heavy atom. The molecule has 2 aromatic carbocycles. The molecule has 2 aromatic heterocycles. The molecular formula is C23H22N6O2S. The summed E-state index contributed by atoms with van der Waals surface area (Å²) in [4.78, 5) is 27.4. The molecule has 0 atom stereocenters. The van der Waals surface area contributed by atoms with Crippen LogP contribution in [0.4, 0.5) is 0 Å². The monoisotopic (exact) mass is 446 g/mol. The molecule has 0 radical (unpaired) electrons. The Bertz CT molecular complexity index is 1430. The molecule has 0 bridgehead atoms. The minimum absolute atomic E-state index is 0.103. The fourth-order valence-corrected chi connectivity index (χ4v) is 4.41. The van der Waals surface area contributed by atoms with Gasteiger partial charge in [-0.2, -0.15) is 5.26 Å². The predicted octanol–water partition coefficient (Wildman–Crippen LogP) is 3.11. The van der Waals surface area contributed by atoms with Gasteiger partial charge in [-0.15, -0.1) is 10.2 Å². The number of para-hydroxylation sites is 1. The third-order valence-corrected chi connectivity index (χ3v) is 6.22. The zero-order valence-corrected chi connectivity index (χ0v) is 18.9. The van der Waals surface area contributed by atoms with E-state index in [2.05, 4.69) is 10.2 Å². The fourth-order valence-electron chi connectivity index (χ4n) is 3.53. The van der Waals surface area contributed by atoms with Gasteiger partial charge in [0.05, 0.1) is 34.8 Å². The number of thioether (sulfide) groups is 1. The number of hydrogen-bond acceptors (Lipinski definition) is 6. The molecule has 0 N–H and O–H groups in total. The van der Waals surface area contributed by atoms with Crippen molar-refractivity contribution in [3.05, 3.63) is 63.9 Å². The van der Waals surface area contributed by atoms with Gasteiger partial charge in [-0.3, -0.25) is 14.0 Å². The van der Waals surface area contributed by atoms with Crippen molar-refractivity contribution < 1.29 is 4.79 Å². The smallest absolute Gasteiger partial charge is 0.267 e. The number of hydrogen-bond donors (Lipinski definition) is 0. The van der Waals surface area contributed by atoms with Crippen molar-refractivity contribution in [3.63, 3.8) is 0 Å². The second-order valence-electron chi connectivity index (χ2n) is 7.58. The molecule has 2 heterocycles. The van der Waals surface area contributed by atoms with E-state index in [1.807, 2.05) is 60.7 Å². The summed E-state index contributed by atoms with van der Waals surface area (Å²) in [5.74, 6) is 0.448. The quantitative estimate of drug-likeness (QED) is 0.422. The van der Waals surface area contributed by atoms with E-state index in [9.17, 15) is 9.59 Å². The van der Waals surface area contributed by atoms with Crippen molar-refractivity contribution in [3.8, 4) is 11.8 Å². The SMILES string of the molecule is Cc1ccc(C)c(-n2c(=O)c3ccccc3n3c(SCC(=O)N(C)CCC#N)nnc23)c1. The van der Waals surface area contributed by atoms with Gasteiger partial charge >= 0.3 is 0 Å². The Kier molecular flexibility index (Phi) is 5.97. The molecule has 1 amide bonds. The molecule has 9 heteroatoms. The van der Waals surface area contributed by atoms with Crippen molar-refractivity contribution >= 4 is 34.3 Å². The third-order valence-electron chi connectivity index (χ3n) is 5.31. The second-order valence-corrected chi connectivity index (χ2v) is 8.52. The molecule has 4 aromatic rings. The molecule has 4 rings (SSSR count). The van der Waals surface area contributed by atoms with E-state index < -0.39 is 0 Å². The molecule has 0 aliphatic carbocycles. The van der Waals surface area contributed by atoms with E-state index in [1.165, 1.54) is 16.7 Å². The highest BCUT2D eigenvalue weighted by Crippen LogP contribution is 2.24. The van der Waals surface area contributed by atoms with Crippen LogP contribution in [0, 0.1) is 25.2 Å². The van der Waals surface area contributed by atoms with Crippen LogP contribution < -0.4 is 5.56 Å². The first-order valence-corrected chi connectivity index (χ1v) is 11.1. The maximum Gasteiger partial charge on any atom is 0.267 e. The van der Waals surface area contributed by atoms with Crippen molar-refractivity contribution in [2.45, 2.75) is 25.4 Å². The Balaban J connectivity index is 1.85. The van der Waals surface area contributed by atoms with Gasteiger partial charge in [-0.1, -0.05) is 36.0 Å². The Hall–Kier alpha value is -3.64. The standard InChI is InChI=1S/C23H22N6O2S/c1-15-9-10-16(2)19(13-15)28-21(31)17-7-4-5-8-18(17)29-22(28)25-26-23(29)32-14-20(30)27(3)12-6-11-24/h4-5,7-10,13H,6,12,14H2,1-3H3. The lowest BCUT2D eigenvalue weighted by Gasteiger charge is -2.15. The number of nitrogens with zero attached hydrogens (tertiary/aromatic N) is 6. The van der Waals surface area contributed by atoms with E-state index in [4.69, 9.17) is 5.26 Å². The zero-order chi connectivity index (χ0) is 22.8. The van der Waals surface area contributed by atoms with Crippen LogP contribution in [0.1, 0.15) is 17.5 Å². The first kappa shape index (κ1) is 21.6. The number of benzene rings is 2. The highest BCUT2D eigenvalue weighted by Gasteiger charge is 2.20. The van der Waals surface area contributed by atoms with Crippen LogP contribution in [-0.4, -0.2) is 49.3 Å². The van der Waals surface area contributed by atoms with Gasteiger partial charge in [-0.05, 0) is 43.2 Å². The number of aromatic nitrogens is 4. The molecular weight excluding hydrogens is 424 g/mol. The molecule has 0 unspecified atom stereocenters. The predicted molar refractivity (Wildman–Crippen MR) is 124 cm³/mol. The summed E-state index contributed by atoms with van der Waals surface area (Å²) in [7, 11) is 1.68. The van der Waals surface area contributed by atoms with Gasteiger partial charge in [0.1, 0.15) is 0 Å². The summed E-state index contributed by atoms with van der Waals surface area (Å²) in [5.41, 5.74) is 3.25. The highest BCUT2D eigenvalue weighted by molar-refractivity contribution is 7.99. The molecule has 0 fully saturated rings. The van der Waals surface area contributed by atoms with Crippen LogP contribution in [0.2, 0.25) is 0 Å². The Morgan fingerprint density at radius 2 is 1.97 bits per heavy atom. The van der Waals surface area contributed by atoms with E-state index in [1.54, 1.807) is 17.7 Å². The molecule has 0 aliphatic rings. The minimum atomic E-state index is -0.168. The van der Waals surface area contributed by atoms with Crippen molar-refractivity contribution in [1.82, 2.24) is 24.1 Å². The van der Waals surface area contributed by atoms with Crippen LogP contribution in [0.5, 0.6) is 0 Å². The average molecular weight is 447 g/mol. The zero-order valence-electron chi connectivity index (χ0n) is 18.1. The first-order valence-electron chi connectivity index (χ1n) is 10.1. The number of fused-ring (bicyclic) bond motifs is 3. The normalized spacial score (nSPS) is 11.1. The molecule has 0 spiro atoms. The van der Waals surface area contributed by atoms with Gasteiger partial charge in [0.25, 0.3) is 5.56 Å². The van der Waals surface area contributed by atoms with Crippen LogP contribution in [0.25, 0.3) is 22.4 Å². The maximum atomic E-state index is 13.5. The van der Waals surface area contributed by atoms with Gasteiger partial charge in [0.15, 0.2) is 5.16 Å². The lowest BCUT2D eigenvalue weighted by molar-refractivity contribution is -0.127. The Labute approximate surface area is 189 Å². The van der Waals surface area contributed by atoms with E-state index in [0.29, 0.717) is 28.4 Å². The van der Waals surface area contributed by atoms with E-state index in [0.717, 1.165) is 16.8 Å². The first-order chi connectivity index (χ1) is 15.4. The van der Waals surface area contributed by atoms with Crippen molar-refractivity contribution in [2.24, 2.45) is 0 Å². The molecule has 0 saturated heterocycles. The average Bonchev–Trinajstić information content (AvgIpc) is 3.22. The van der Waals surface area contributed by atoms with Crippen molar-refractivity contribution in [2.75, 3.05) is 19.3 Å². The maximum absolute atomic E-state index is 13.5. The number of nitriles is 1. The summed E-state index contributed by atoms with van der Waals surface area (Å²) in [6, 6.07) is 15.3. The van der Waals surface area contributed by atoms with Crippen LogP contribution >= 0.6 is 11.8 Å². The number of rotatable bonds is 6. The van der Waals surface area contributed by atoms with Gasteiger partial charge in [0.2, 0.25) is 11.7 Å². The largest absolute Gasteiger partial charge is 0.344 e. The highest BCUT2D eigenvalue weighted by atomic mass is 32.2. The fraction of sp³-hybridized carbons (Fsp3) is 0.261. The lowest BCUT2D eigenvalue weighted by atomic mass is 10.1. The summed E-state index contributed by atoms with van der Waals surface area (Å²) >= 11 is 1.26. The topological polar surface area (TPSA) is 96.3 Å². The summed E-state index contributed by atoms with van der Waals surface area (Å²) in [6.07, 6.45) is 0.285. The lowest BCUT2D eigenvalue weighted by Crippen LogP contribution is -2.29. The molecule has 8 nitrogen and oxygen atoms in total. The van der Waals surface area contributed by atoms with Gasteiger partial charge < -0.3 is 4.90 Å². The van der Waals surface area contributed by atoms with E-state index in [-0.39, 0.29) is 23.6 Å². The summed E-state index contributed by atoms with van der Waals surface area (Å²) < 4.78 is 3.41. The summed E-state index contributed by atoms with van der Waals surface area (Å²) in [5, 5.41) is 18.4.